The molecule has 1 aliphatic rings. The summed E-state index contributed by atoms with van der Waals surface area (Å²) in [5.41, 5.74) is 3.48. The Bertz CT molecular complexity index is 851. The van der Waals surface area contributed by atoms with Crippen molar-refractivity contribution in [3.05, 3.63) is 57.6 Å². The summed E-state index contributed by atoms with van der Waals surface area (Å²) in [6.45, 7) is 1.72. The maximum atomic E-state index is 12.5. The zero-order valence-electron chi connectivity index (χ0n) is 14.7. The molecule has 2 aromatic rings. The van der Waals surface area contributed by atoms with E-state index in [-0.39, 0.29) is 17.3 Å². The minimum Gasteiger partial charge on any atom is -0.496 e. The molecule has 1 aliphatic carbocycles. The molecule has 136 valence electrons. The number of carbonyl (C=O) groups excluding carboxylic acids is 1. The van der Waals surface area contributed by atoms with E-state index in [1.165, 1.54) is 30.4 Å². The van der Waals surface area contributed by atoms with Crippen LogP contribution in [0.25, 0.3) is 0 Å². The zero-order valence-corrected chi connectivity index (χ0v) is 14.7. The molecule has 1 atom stereocenters. The summed E-state index contributed by atoms with van der Waals surface area (Å²) in [5.74, 6) is 0.0118. The summed E-state index contributed by atoms with van der Waals surface area (Å²) >= 11 is 0. The first-order valence-electron chi connectivity index (χ1n) is 8.49. The van der Waals surface area contributed by atoms with Gasteiger partial charge in [0.1, 0.15) is 17.5 Å². The molecule has 1 amide bonds. The highest BCUT2D eigenvalue weighted by atomic mass is 16.6. The Morgan fingerprint density at radius 2 is 1.96 bits per heavy atom. The summed E-state index contributed by atoms with van der Waals surface area (Å²) in [4.78, 5) is 23.1. The molecule has 0 unspecified atom stereocenters. The Kier molecular flexibility index (Phi) is 5.06. The van der Waals surface area contributed by atoms with Crippen LogP contribution >= 0.6 is 0 Å². The van der Waals surface area contributed by atoms with Gasteiger partial charge in [0.2, 0.25) is 5.91 Å². The lowest BCUT2D eigenvalue weighted by molar-refractivity contribution is -0.384. The summed E-state index contributed by atoms with van der Waals surface area (Å²) in [5, 5.41) is 17.0. The Morgan fingerprint density at radius 1 is 1.19 bits per heavy atom. The van der Waals surface area contributed by atoms with E-state index in [0.29, 0.717) is 5.75 Å². The number of carbonyl (C=O) groups is 1. The molecule has 0 spiro atoms. The van der Waals surface area contributed by atoms with Crippen molar-refractivity contribution in [2.75, 3.05) is 17.7 Å². The lowest BCUT2D eigenvalue weighted by atomic mass is 10.1. The second-order valence-electron chi connectivity index (χ2n) is 6.33. The first-order valence-corrected chi connectivity index (χ1v) is 8.49. The van der Waals surface area contributed by atoms with E-state index in [1.807, 2.05) is 6.07 Å². The minimum atomic E-state index is -0.545. The third-order valence-corrected chi connectivity index (χ3v) is 4.53. The number of anilines is 2. The van der Waals surface area contributed by atoms with Crippen molar-refractivity contribution in [3.8, 4) is 5.75 Å². The van der Waals surface area contributed by atoms with Gasteiger partial charge in [-0.2, -0.15) is 0 Å². The summed E-state index contributed by atoms with van der Waals surface area (Å²) < 4.78 is 5.00. The second kappa shape index (κ2) is 7.43. The van der Waals surface area contributed by atoms with Crippen molar-refractivity contribution in [3.63, 3.8) is 0 Å². The topological polar surface area (TPSA) is 93.5 Å². The van der Waals surface area contributed by atoms with Crippen LogP contribution in [0.1, 0.15) is 24.5 Å². The predicted octanol–water partition coefficient (Wildman–Crippen LogP) is 3.53. The van der Waals surface area contributed by atoms with E-state index in [1.54, 1.807) is 13.0 Å². The largest absolute Gasteiger partial charge is 0.496 e. The van der Waals surface area contributed by atoms with Crippen LogP contribution in [0.4, 0.5) is 17.1 Å². The summed E-state index contributed by atoms with van der Waals surface area (Å²) in [6.07, 6.45) is 3.33. The smallest absolute Gasteiger partial charge is 0.296 e. The number of nitrogens with one attached hydrogen (secondary N) is 2. The molecule has 0 aliphatic heterocycles. The standard InChI is InChI=1S/C19H21N3O4/c1-12(20-15-7-6-13-4-3-5-14(13)10-15)19(23)21-17-9-8-16(26-2)11-18(17)22(24)25/h6-12,20H,3-5H2,1-2H3,(H,21,23)/t12-/m1/s1. The Hall–Kier alpha value is -3.09. The lowest BCUT2D eigenvalue weighted by Gasteiger charge is -2.16. The molecule has 2 N–H and O–H groups in total. The van der Waals surface area contributed by atoms with Gasteiger partial charge in [0, 0.05) is 5.69 Å². The van der Waals surface area contributed by atoms with Crippen LogP contribution in [-0.4, -0.2) is 24.0 Å². The predicted molar refractivity (Wildman–Crippen MR) is 99.8 cm³/mol. The summed E-state index contributed by atoms with van der Waals surface area (Å²) in [7, 11) is 1.43. The molecule has 0 aromatic heterocycles. The third-order valence-electron chi connectivity index (χ3n) is 4.53. The Morgan fingerprint density at radius 3 is 2.69 bits per heavy atom. The van der Waals surface area contributed by atoms with E-state index >= 15 is 0 Å². The average molecular weight is 355 g/mol. The maximum Gasteiger partial charge on any atom is 0.296 e. The number of amides is 1. The van der Waals surface area contributed by atoms with Crippen LogP contribution in [0.5, 0.6) is 5.75 Å². The number of fused-ring (bicyclic) bond motifs is 1. The molecule has 0 bridgehead atoms. The highest BCUT2D eigenvalue weighted by Crippen LogP contribution is 2.29. The highest BCUT2D eigenvalue weighted by Gasteiger charge is 2.20. The second-order valence-corrected chi connectivity index (χ2v) is 6.33. The molecular formula is C19H21N3O4. The van der Waals surface area contributed by atoms with E-state index < -0.39 is 11.0 Å². The Balaban J connectivity index is 1.70. The minimum absolute atomic E-state index is 0.142. The van der Waals surface area contributed by atoms with Crippen LogP contribution in [0.3, 0.4) is 0 Å². The fourth-order valence-electron chi connectivity index (χ4n) is 3.11. The van der Waals surface area contributed by atoms with Gasteiger partial charge in [-0.05, 0) is 61.6 Å². The van der Waals surface area contributed by atoms with Crippen LogP contribution in [0, 0.1) is 10.1 Å². The quantitative estimate of drug-likeness (QED) is 0.611. The molecule has 7 heteroatoms. The normalized spacial score (nSPS) is 13.6. The van der Waals surface area contributed by atoms with E-state index in [4.69, 9.17) is 4.74 Å². The lowest BCUT2D eigenvalue weighted by Crippen LogP contribution is -2.32. The van der Waals surface area contributed by atoms with Gasteiger partial charge < -0.3 is 15.4 Å². The SMILES string of the molecule is COc1ccc(NC(=O)[C@@H](C)Nc2ccc3c(c2)CCC3)c([N+](=O)[O-])c1. The van der Waals surface area contributed by atoms with Gasteiger partial charge in [-0.1, -0.05) is 6.07 Å². The maximum absolute atomic E-state index is 12.5. The van der Waals surface area contributed by atoms with Crippen molar-refractivity contribution >= 4 is 23.0 Å². The molecule has 0 saturated heterocycles. The number of hydrogen-bond donors (Lipinski definition) is 2. The molecule has 0 heterocycles. The molecule has 0 fully saturated rings. The van der Waals surface area contributed by atoms with Crippen molar-refractivity contribution in [1.29, 1.82) is 0 Å². The van der Waals surface area contributed by atoms with E-state index in [0.717, 1.165) is 24.9 Å². The number of benzene rings is 2. The molecule has 0 radical (unpaired) electrons. The van der Waals surface area contributed by atoms with Crippen LogP contribution < -0.4 is 15.4 Å². The highest BCUT2D eigenvalue weighted by molar-refractivity contribution is 5.98. The number of aryl methyl sites for hydroxylation is 2. The molecular weight excluding hydrogens is 334 g/mol. The van der Waals surface area contributed by atoms with Gasteiger partial charge in [-0.15, -0.1) is 0 Å². The zero-order chi connectivity index (χ0) is 18.7. The van der Waals surface area contributed by atoms with Gasteiger partial charge in [0.15, 0.2) is 0 Å². The van der Waals surface area contributed by atoms with E-state index in [2.05, 4.69) is 22.8 Å². The molecule has 7 nitrogen and oxygen atoms in total. The van der Waals surface area contributed by atoms with Crippen LogP contribution in [-0.2, 0) is 17.6 Å². The van der Waals surface area contributed by atoms with E-state index in [9.17, 15) is 14.9 Å². The molecule has 0 saturated carbocycles. The van der Waals surface area contributed by atoms with Crippen molar-refractivity contribution < 1.29 is 14.5 Å². The van der Waals surface area contributed by atoms with Gasteiger partial charge in [0.25, 0.3) is 5.69 Å². The van der Waals surface area contributed by atoms with Crippen molar-refractivity contribution in [1.82, 2.24) is 0 Å². The number of rotatable bonds is 6. The van der Waals surface area contributed by atoms with Crippen molar-refractivity contribution in [2.24, 2.45) is 0 Å². The number of ether oxygens (including phenoxy) is 1. The Labute approximate surface area is 151 Å². The van der Waals surface area contributed by atoms with Crippen molar-refractivity contribution in [2.45, 2.75) is 32.2 Å². The number of hydrogen-bond acceptors (Lipinski definition) is 5. The first kappa shape index (κ1) is 17.7. The number of nitrogens with zero attached hydrogens (tertiary/aromatic N) is 1. The fraction of sp³-hybridized carbons (Fsp3) is 0.316. The number of nitro benzene ring substituents is 1. The van der Waals surface area contributed by atoms with Crippen LogP contribution in [0.2, 0.25) is 0 Å². The van der Waals surface area contributed by atoms with Gasteiger partial charge >= 0.3 is 0 Å². The monoisotopic (exact) mass is 355 g/mol. The summed E-state index contributed by atoms with van der Waals surface area (Å²) in [6, 6.07) is 9.90. The van der Waals surface area contributed by atoms with Gasteiger partial charge in [-0.25, -0.2) is 0 Å². The first-order chi connectivity index (χ1) is 12.5. The third kappa shape index (κ3) is 3.77. The number of nitro groups is 1. The fourth-order valence-corrected chi connectivity index (χ4v) is 3.11. The van der Waals surface area contributed by atoms with Gasteiger partial charge in [0.05, 0.1) is 18.1 Å². The molecule has 26 heavy (non-hydrogen) atoms. The number of methoxy groups -OCH3 is 1. The van der Waals surface area contributed by atoms with Crippen LogP contribution in [0.15, 0.2) is 36.4 Å². The molecule has 2 aromatic carbocycles. The molecule has 3 rings (SSSR count). The van der Waals surface area contributed by atoms with Gasteiger partial charge in [-0.3, -0.25) is 14.9 Å². The average Bonchev–Trinajstić information content (AvgIpc) is 3.09.